The standard InChI is InChI=1S/C10H19N3S/c1-12-6-3-5-11-10(12)13-7-4-9(8-13)14-2/h9H,3-8H2,1-2H3. The molecule has 0 saturated carbocycles. The van der Waals surface area contributed by atoms with E-state index < -0.39 is 0 Å². The van der Waals surface area contributed by atoms with Gasteiger partial charge in [-0.15, -0.1) is 0 Å². The Morgan fingerprint density at radius 3 is 2.93 bits per heavy atom. The first-order chi connectivity index (χ1) is 6.81. The van der Waals surface area contributed by atoms with Gasteiger partial charge >= 0.3 is 0 Å². The molecule has 3 nitrogen and oxygen atoms in total. The summed E-state index contributed by atoms with van der Waals surface area (Å²) in [6.07, 6.45) is 4.73. The molecule has 0 amide bonds. The second-order valence-corrected chi connectivity index (χ2v) is 5.19. The summed E-state index contributed by atoms with van der Waals surface area (Å²) in [5.41, 5.74) is 0. The summed E-state index contributed by atoms with van der Waals surface area (Å²) >= 11 is 1.99. The summed E-state index contributed by atoms with van der Waals surface area (Å²) in [4.78, 5) is 9.36. The van der Waals surface area contributed by atoms with Crippen LogP contribution in [0.15, 0.2) is 4.99 Å². The van der Waals surface area contributed by atoms with Crippen LogP contribution in [0.2, 0.25) is 0 Å². The molecule has 0 aromatic carbocycles. The van der Waals surface area contributed by atoms with E-state index in [-0.39, 0.29) is 0 Å². The van der Waals surface area contributed by atoms with Gasteiger partial charge in [-0.3, -0.25) is 4.99 Å². The monoisotopic (exact) mass is 213 g/mol. The maximum atomic E-state index is 4.62. The van der Waals surface area contributed by atoms with Crippen molar-refractivity contribution in [3.05, 3.63) is 0 Å². The van der Waals surface area contributed by atoms with Crippen LogP contribution < -0.4 is 0 Å². The van der Waals surface area contributed by atoms with Crippen LogP contribution in [-0.2, 0) is 0 Å². The van der Waals surface area contributed by atoms with Gasteiger partial charge in [0.15, 0.2) is 5.96 Å². The average Bonchev–Trinajstić information content (AvgIpc) is 2.67. The van der Waals surface area contributed by atoms with E-state index in [4.69, 9.17) is 0 Å². The predicted octanol–water partition coefficient (Wildman–Crippen LogP) is 1.12. The molecule has 2 rings (SSSR count). The fourth-order valence-corrected chi connectivity index (χ4v) is 2.82. The molecule has 0 spiro atoms. The zero-order valence-corrected chi connectivity index (χ0v) is 9.89. The highest BCUT2D eigenvalue weighted by molar-refractivity contribution is 7.99. The molecule has 80 valence electrons. The fourth-order valence-electron chi connectivity index (χ4n) is 2.15. The zero-order chi connectivity index (χ0) is 9.97. The Morgan fingerprint density at radius 1 is 1.43 bits per heavy atom. The quantitative estimate of drug-likeness (QED) is 0.650. The van der Waals surface area contributed by atoms with E-state index in [1.165, 1.54) is 38.4 Å². The van der Waals surface area contributed by atoms with E-state index in [1.54, 1.807) is 0 Å². The molecule has 4 heteroatoms. The van der Waals surface area contributed by atoms with Crippen LogP contribution in [0.5, 0.6) is 0 Å². The van der Waals surface area contributed by atoms with E-state index in [0.717, 1.165) is 11.8 Å². The van der Waals surface area contributed by atoms with E-state index in [0.29, 0.717) is 0 Å². The number of hydrogen-bond donors (Lipinski definition) is 0. The highest BCUT2D eigenvalue weighted by Gasteiger charge is 2.26. The van der Waals surface area contributed by atoms with Crippen LogP contribution in [0.1, 0.15) is 12.8 Å². The van der Waals surface area contributed by atoms with Crippen molar-refractivity contribution in [2.75, 3.05) is 39.5 Å². The van der Waals surface area contributed by atoms with Crippen LogP contribution in [0, 0.1) is 0 Å². The van der Waals surface area contributed by atoms with E-state index in [9.17, 15) is 0 Å². The largest absolute Gasteiger partial charge is 0.346 e. The van der Waals surface area contributed by atoms with Gasteiger partial charge < -0.3 is 9.80 Å². The number of rotatable bonds is 1. The molecule has 2 aliphatic heterocycles. The summed E-state index contributed by atoms with van der Waals surface area (Å²) in [6, 6.07) is 0. The maximum absolute atomic E-state index is 4.62. The Labute approximate surface area is 90.6 Å². The normalized spacial score (nSPS) is 28.1. The van der Waals surface area contributed by atoms with Crippen molar-refractivity contribution < 1.29 is 0 Å². The topological polar surface area (TPSA) is 18.8 Å². The molecule has 0 aromatic heterocycles. The van der Waals surface area contributed by atoms with Gasteiger partial charge in [0.2, 0.25) is 0 Å². The van der Waals surface area contributed by atoms with Gasteiger partial charge in [-0.05, 0) is 19.1 Å². The number of guanidine groups is 1. The first-order valence-electron chi connectivity index (χ1n) is 5.34. The minimum atomic E-state index is 0.813. The Kier molecular flexibility index (Phi) is 3.21. The smallest absolute Gasteiger partial charge is 0.196 e. The third kappa shape index (κ3) is 2.00. The molecule has 2 heterocycles. The molecule has 1 unspecified atom stereocenters. The van der Waals surface area contributed by atoms with Crippen molar-refractivity contribution in [1.82, 2.24) is 9.80 Å². The summed E-state index contributed by atoms with van der Waals surface area (Å²) < 4.78 is 0. The van der Waals surface area contributed by atoms with Crippen molar-refractivity contribution in [1.29, 1.82) is 0 Å². The van der Waals surface area contributed by atoms with Crippen LogP contribution in [-0.4, -0.2) is 60.5 Å². The number of aliphatic imine (C=N–C) groups is 1. The van der Waals surface area contributed by atoms with Gasteiger partial charge in [-0.1, -0.05) is 0 Å². The number of hydrogen-bond acceptors (Lipinski definition) is 4. The molecule has 0 radical (unpaired) electrons. The second kappa shape index (κ2) is 4.43. The molecule has 14 heavy (non-hydrogen) atoms. The fraction of sp³-hybridized carbons (Fsp3) is 0.900. The lowest BCUT2D eigenvalue weighted by Crippen LogP contribution is -2.44. The summed E-state index contributed by atoms with van der Waals surface area (Å²) in [5.74, 6) is 1.23. The van der Waals surface area contributed by atoms with E-state index in [2.05, 4.69) is 28.1 Å². The Balaban J connectivity index is 1.98. The minimum Gasteiger partial charge on any atom is -0.346 e. The molecule has 0 aliphatic carbocycles. The summed E-state index contributed by atoms with van der Waals surface area (Å²) in [6.45, 7) is 4.55. The molecule has 0 aromatic rings. The van der Waals surface area contributed by atoms with Gasteiger partial charge in [0, 0.05) is 38.5 Å². The maximum Gasteiger partial charge on any atom is 0.196 e. The third-order valence-corrected chi connectivity index (χ3v) is 4.06. The molecule has 1 saturated heterocycles. The number of thioether (sulfide) groups is 1. The lowest BCUT2D eigenvalue weighted by atomic mass is 10.3. The molecular formula is C10H19N3S. The highest BCUT2D eigenvalue weighted by atomic mass is 32.2. The zero-order valence-electron chi connectivity index (χ0n) is 9.07. The van der Waals surface area contributed by atoms with Crippen molar-refractivity contribution in [2.24, 2.45) is 4.99 Å². The van der Waals surface area contributed by atoms with Crippen LogP contribution in [0.3, 0.4) is 0 Å². The van der Waals surface area contributed by atoms with Crippen molar-refractivity contribution in [3.63, 3.8) is 0 Å². The third-order valence-electron chi connectivity index (χ3n) is 3.01. The Hall–Kier alpha value is -0.380. The average molecular weight is 213 g/mol. The number of nitrogens with zero attached hydrogens (tertiary/aromatic N) is 3. The predicted molar refractivity (Wildman–Crippen MR) is 63.0 cm³/mol. The van der Waals surface area contributed by atoms with Gasteiger partial charge in [-0.25, -0.2) is 0 Å². The lowest BCUT2D eigenvalue weighted by molar-refractivity contribution is 0.368. The van der Waals surface area contributed by atoms with Gasteiger partial charge in [0.25, 0.3) is 0 Å². The van der Waals surface area contributed by atoms with Crippen molar-refractivity contribution in [2.45, 2.75) is 18.1 Å². The van der Waals surface area contributed by atoms with Crippen LogP contribution in [0.4, 0.5) is 0 Å². The summed E-state index contributed by atoms with van der Waals surface area (Å²) in [5, 5.41) is 0.813. The van der Waals surface area contributed by atoms with Crippen molar-refractivity contribution >= 4 is 17.7 Å². The number of likely N-dealkylation sites (tertiary alicyclic amines) is 1. The first kappa shape index (κ1) is 10.1. The molecule has 0 bridgehead atoms. The van der Waals surface area contributed by atoms with E-state index in [1.807, 2.05) is 11.8 Å². The minimum absolute atomic E-state index is 0.813. The SMILES string of the molecule is CSC1CCN(C2=NCCCN2C)C1. The second-order valence-electron chi connectivity index (χ2n) is 4.05. The van der Waals surface area contributed by atoms with E-state index >= 15 is 0 Å². The van der Waals surface area contributed by atoms with Crippen LogP contribution >= 0.6 is 11.8 Å². The molecule has 1 atom stereocenters. The Morgan fingerprint density at radius 2 is 2.29 bits per heavy atom. The van der Waals surface area contributed by atoms with Gasteiger partial charge in [0.05, 0.1) is 0 Å². The Bertz CT molecular complexity index is 229. The molecular weight excluding hydrogens is 194 g/mol. The molecule has 0 N–H and O–H groups in total. The first-order valence-corrected chi connectivity index (χ1v) is 6.63. The molecule has 2 aliphatic rings. The van der Waals surface area contributed by atoms with Crippen LogP contribution in [0.25, 0.3) is 0 Å². The summed E-state index contributed by atoms with van der Waals surface area (Å²) in [7, 11) is 2.16. The molecule has 1 fully saturated rings. The lowest BCUT2D eigenvalue weighted by Gasteiger charge is -2.31. The van der Waals surface area contributed by atoms with Crippen molar-refractivity contribution in [3.8, 4) is 0 Å². The highest BCUT2D eigenvalue weighted by Crippen LogP contribution is 2.21. The van der Waals surface area contributed by atoms with Gasteiger partial charge in [0.1, 0.15) is 0 Å². The van der Waals surface area contributed by atoms with Gasteiger partial charge in [-0.2, -0.15) is 11.8 Å².